The maximum Gasteiger partial charge on any atom is 0.172 e. The number of nitrogens with zero attached hydrogens (tertiary/aromatic N) is 2. The fourth-order valence-corrected chi connectivity index (χ4v) is 2.59. The van der Waals surface area contributed by atoms with E-state index in [9.17, 15) is 0 Å². The Labute approximate surface area is 147 Å². The van der Waals surface area contributed by atoms with Crippen LogP contribution in [-0.4, -0.2) is 14.9 Å². The second-order valence-electron chi connectivity index (χ2n) is 5.62. The zero-order valence-electron chi connectivity index (χ0n) is 13.6. The molecule has 1 aromatic heterocycles. The Bertz CT molecular complexity index is 811. The molecule has 2 N–H and O–H groups in total. The van der Waals surface area contributed by atoms with Crippen LogP contribution in [0.5, 0.6) is 0 Å². The summed E-state index contributed by atoms with van der Waals surface area (Å²) in [5.41, 5.74) is 3.71. The molecule has 24 heavy (non-hydrogen) atoms. The third-order valence-corrected chi connectivity index (χ3v) is 4.02. The monoisotopic (exact) mass is 336 g/mol. The van der Waals surface area contributed by atoms with Crippen LogP contribution in [0.3, 0.4) is 0 Å². The predicted octanol–water partition coefficient (Wildman–Crippen LogP) is 3.73. The summed E-state index contributed by atoms with van der Waals surface area (Å²) in [7, 11) is 0. The first-order valence-electron chi connectivity index (χ1n) is 7.87. The highest BCUT2D eigenvalue weighted by atomic mass is 32.1. The lowest BCUT2D eigenvalue weighted by Crippen LogP contribution is -2.28. The molecule has 5 heteroatoms. The number of rotatable bonds is 5. The zero-order valence-corrected chi connectivity index (χ0v) is 14.4. The molecule has 0 saturated carbocycles. The Hall–Kier alpha value is -2.66. The molecule has 0 spiro atoms. The van der Waals surface area contributed by atoms with Crippen LogP contribution in [-0.2, 0) is 13.1 Å². The SMILES string of the molecule is Cc1ccccc1Cn1ccc(NC(=S)NCc2ccccc2)n1. The molecule has 2 aromatic carbocycles. The third-order valence-electron chi connectivity index (χ3n) is 3.77. The van der Waals surface area contributed by atoms with Gasteiger partial charge in [-0.1, -0.05) is 54.6 Å². The van der Waals surface area contributed by atoms with E-state index in [2.05, 4.69) is 46.9 Å². The van der Waals surface area contributed by atoms with Gasteiger partial charge in [-0.15, -0.1) is 0 Å². The van der Waals surface area contributed by atoms with Crippen LogP contribution in [0.15, 0.2) is 66.9 Å². The smallest absolute Gasteiger partial charge is 0.172 e. The van der Waals surface area contributed by atoms with Crippen LogP contribution in [0, 0.1) is 6.92 Å². The van der Waals surface area contributed by atoms with Crippen molar-refractivity contribution >= 4 is 23.1 Å². The molecule has 4 nitrogen and oxygen atoms in total. The van der Waals surface area contributed by atoms with Crippen LogP contribution in [0.25, 0.3) is 0 Å². The standard InChI is InChI=1S/C19H20N4S/c1-15-7-5-6-10-17(15)14-23-12-11-18(22-23)21-19(24)20-13-16-8-3-2-4-9-16/h2-12H,13-14H2,1H3,(H2,20,21,22,24). The van der Waals surface area contributed by atoms with Crippen molar-refractivity contribution in [1.82, 2.24) is 15.1 Å². The number of hydrogen-bond acceptors (Lipinski definition) is 2. The molecule has 0 unspecified atom stereocenters. The van der Waals surface area contributed by atoms with Crippen LogP contribution in [0.4, 0.5) is 5.82 Å². The molecule has 0 bridgehead atoms. The van der Waals surface area contributed by atoms with Gasteiger partial charge in [-0.05, 0) is 35.8 Å². The van der Waals surface area contributed by atoms with Gasteiger partial charge in [-0.2, -0.15) is 5.10 Å². The van der Waals surface area contributed by atoms with Crippen LogP contribution < -0.4 is 10.6 Å². The normalized spacial score (nSPS) is 10.4. The summed E-state index contributed by atoms with van der Waals surface area (Å²) < 4.78 is 1.91. The summed E-state index contributed by atoms with van der Waals surface area (Å²) in [4.78, 5) is 0. The minimum absolute atomic E-state index is 0.569. The first-order chi connectivity index (χ1) is 11.7. The van der Waals surface area contributed by atoms with E-state index in [0.29, 0.717) is 11.7 Å². The lowest BCUT2D eigenvalue weighted by atomic mass is 10.1. The van der Waals surface area contributed by atoms with Gasteiger partial charge in [0.1, 0.15) is 0 Å². The van der Waals surface area contributed by atoms with E-state index in [4.69, 9.17) is 12.2 Å². The lowest BCUT2D eigenvalue weighted by Gasteiger charge is -2.09. The second-order valence-corrected chi connectivity index (χ2v) is 6.03. The van der Waals surface area contributed by atoms with Crippen molar-refractivity contribution in [3.8, 4) is 0 Å². The van der Waals surface area contributed by atoms with Crippen molar-refractivity contribution in [3.63, 3.8) is 0 Å². The minimum atomic E-state index is 0.569. The number of nitrogens with one attached hydrogen (secondary N) is 2. The quantitative estimate of drug-likeness (QED) is 0.697. The molecule has 1 heterocycles. The second kappa shape index (κ2) is 7.75. The predicted molar refractivity (Wildman–Crippen MR) is 102 cm³/mol. The maximum atomic E-state index is 5.32. The van der Waals surface area contributed by atoms with E-state index in [1.165, 1.54) is 16.7 Å². The van der Waals surface area contributed by atoms with Crippen molar-refractivity contribution in [2.24, 2.45) is 0 Å². The molecule has 0 fully saturated rings. The Morgan fingerprint density at radius 1 is 1.04 bits per heavy atom. The van der Waals surface area contributed by atoms with Crippen molar-refractivity contribution < 1.29 is 0 Å². The van der Waals surface area contributed by atoms with Crippen LogP contribution in [0.2, 0.25) is 0 Å². The highest BCUT2D eigenvalue weighted by Crippen LogP contribution is 2.10. The summed E-state index contributed by atoms with van der Waals surface area (Å²) in [5, 5.41) is 11.4. The first-order valence-corrected chi connectivity index (χ1v) is 8.28. The summed E-state index contributed by atoms with van der Waals surface area (Å²) in [5.74, 6) is 0.745. The van der Waals surface area contributed by atoms with E-state index < -0.39 is 0 Å². The number of aromatic nitrogens is 2. The first kappa shape index (κ1) is 16.2. The number of anilines is 1. The fourth-order valence-electron chi connectivity index (χ4n) is 2.42. The molecule has 0 aliphatic carbocycles. The summed E-state index contributed by atoms with van der Waals surface area (Å²) >= 11 is 5.32. The number of benzene rings is 2. The number of hydrogen-bond donors (Lipinski definition) is 2. The minimum Gasteiger partial charge on any atom is -0.358 e. The van der Waals surface area contributed by atoms with Crippen molar-refractivity contribution in [2.45, 2.75) is 20.0 Å². The largest absolute Gasteiger partial charge is 0.358 e. The van der Waals surface area contributed by atoms with Gasteiger partial charge >= 0.3 is 0 Å². The van der Waals surface area contributed by atoms with E-state index in [0.717, 1.165) is 12.4 Å². The van der Waals surface area contributed by atoms with Gasteiger partial charge in [0.25, 0.3) is 0 Å². The van der Waals surface area contributed by atoms with Crippen LogP contribution >= 0.6 is 12.2 Å². The van der Waals surface area contributed by atoms with Gasteiger partial charge in [0.15, 0.2) is 10.9 Å². The van der Waals surface area contributed by atoms with E-state index in [1.54, 1.807) is 0 Å². The molecule has 3 rings (SSSR count). The summed E-state index contributed by atoms with van der Waals surface area (Å²) in [6.07, 6.45) is 1.95. The molecule has 0 saturated heterocycles. The molecule has 0 radical (unpaired) electrons. The summed E-state index contributed by atoms with van der Waals surface area (Å²) in [6, 6.07) is 20.4. The molecule has 122 valence electrons. The Kier molecular flexibility index (Phi) is 5.23. The Morgan fingerprint density at radius 2 is 1.79 bits per heavy atom. The molecule has 3 aromatic rings. The number of aryl methyl sites for hydroxylation is 1. The van der Waals surface area contributed by atoms with E-state index in [-0.39, 0.29) is 0 Å². The van der Waals surface area contributed by atoms with Crippen molar-refractivity contribution in [3.05, 3.63) is 83.6 Å². The third kappa shape index (κ3) is 4.43. The van der Waals surface area contributed by atoms with Gasteiger partial charge in [0.05, 0.1) is 6.54 Å². The maximum absolute atomic E-state index is 5.32. The molecule has 0 amide bonds. The van der Waals surface area contributed by atoms with Crippen molar-refractivity contribution in [2.75, 3.05) is 5.32 Å². The van der Waals surface area contributed by atoms with Gasteiger partial charge in [-0.25, -0.2) is 0 Å². The van der Waals surface area contributed by atoms with Gasteiger partial charge in [0.2, 0.25) is 0 Å². The average molecular weight is 336 g/mol. The van der Waals surface area contributed by atoms with Gasteiger partial charge < -0.3 is 10.6 Å². The highest BCUT2D eigenvalue weighted by molar-refractivity contribution is 7.80. The molecule has 0 aliphatic rings. The zero-order chi connectivity index (χ0) is 16.8. The summed E-state index contributed by atoms with van der Waals surface area (Å²) in [6.45, 7) is 3.55. The lowest BCUT2D eigenvalue weighted by molar-refractivity contribution is 0.687. The molecular weight excluding hydrogens is 316 g/mol. The topological polar surface area (TPSA) is 41.9 Å². The van der Waals surface area contributed by atoms with Gasteiger partial charge in [-0.3, -0.25) is 4.68 Å². The Morgan fingerprint density at radius 3 is 2.58 bits per heavy atom. The highest BCUT2D eigenvalue weighted by Gasteiger charge is 2.04. The number of thiocarbonyl (C=S) groups is 1. The van der Waals surface area contributed by atoms with E-state index >= 15 is 0 Å². The molecule has 0 aliphatic heterocycles. The van der Waals surface area contributed by atoms with Crippen LogP contribution in [0.1, 0.15) is 16.7 Å². The van der Waals surface area contributed by atoms with Crippen molar-refractivity contribution in [1.29, 1.82) is 0 Å². The Balaban J connectivity index is 1.54. The van der Waals surface area contributed by atoms with E-state index in [1.807, 2.05) is 47.3 Å². The fraction of sp³-hybridized carbons (Fsp3) is 0.158. The molecule has 0 atom stereocenters. The van der Waals surface area contributed by atoms with Gasteiger partial charge in [0, 0.05) is 18.8 Å². The average Bonchev–Trinajstić information content (AvgIpc) is 3.03. The molecular formula is C19H20N4S.